The van der Waals surface area contributed by atoms with Crippen LogP contribution in [0.1, 0.15) is 36.8 Å². The van der Waals surface area contributed by atoms with Crippen LogP contribution in [0.25, 0.3) is 0 Å². The third kappa shape index (κ3) is 3.45. The van der Waals surface area contributed by atoms with Crippen molar-refractivity contribution < 1.29 is 12.8 Å². The molecule has 0 aromatic heterocycles. The van der Waals surface area contributed by atoms with Crippen LogP contribution in [0.5, 0.6) is 0 Å². The highest BCUT2D eigenvalue weighted by atomic mass is 79.9. The van der Waals surface area contributed by atoms with Gasteiger partial charge in [-0.15, -0.1) is 0 Å². The van der Waals surface area contributed by atoms with E-state index < -0.39 is 15.4 Å². The van der Waals surface area contributed by atoms with Crippen molar-refractivity contribution in [3.8, 4) is 6.07 Å². The number of sulfonamides is 1. The number of anilines is 1. The molecule has 1 saturated carbocycles. The van der Waals surface area contributed by atoms with Crippen LogP contribution in [0.4, 0.5) is 10.1 Å². The molecule has 5 nitrogen and oxygen atoms in total. The molecular formula is C22H21BrFN3O2S. The summed E-state index contributed by atoms with van der Waals surface area (Å²) in [5.41, 5.74) is 2.20. The van der Waals surface area contributed by atoms with Gasteiger partial charge in [0.2, 0.25) is 10.0 Å². The van der Waals surface area contributed by atoms with E-state index in [1.165, 1.54) is 30.3 Å². The van der Waals surface area contributed by atoms with E-state index in [1.54, 1.807) is 0 Å². The van der Waals surface area contributed by atoms with Crippen molar-refractivity contribution in [3.05, 3.63) is 70.0 Å². The molecule has 0 bridgehead atoms. The lowest BCUT2D eigenvalue weighted by molar-refractivity contribution is 0.344. The van der Waals surface area contributed by atoms with E-state index in [-0.39, 0.29) is 23.3 Å². The van der Waals surface area contributed by atoms with Crippen LogP contribution in [-0.4, -0.2) is 21.0 Å². The first-order chi connectivity index (χ1) is 14.3. The summed E-state index contributed by atoms with van der Waals surface area (Å²) in [6.07, 6.45) is 3.13. The lowest BCUT2D eigenvalue weighted by atomic mass is 9.63. The molecule has 1 aliphatic carbocycles. The van der Waals surface area contributed by atoms with E-state index in [4.69, 9.17) is 5.26 Å². The zero-order chi connectivity index (χ0) is 21.5. The molecule has 1 fully saturated rings. The Labute approximate surface area is 184 Å². The molecular weight excluding hydrogens is 469 g/mol. The van der Waals surface area contributed by atoms with Gasteiger partial charge in [0.1, 0.15) is 5.82 Å². The Hall–Kier alpha value is -2.21. The van der Waals surface area contributed by atoms with Gasteiger partial charge in [0, 0.05) is 22.5 Å². The molecule has 0 amide bonds. The van der Waals surface area contributed by atoms with Crippen LogP contribution < -0.4 is 10.0 Å². The minimum atomic E-state index is -3.72. The standard InChI is InChI=1S/C22H21BrFN3O2S/c1-14-3-2-4-20-22(14,18-11-16(23)12-19(24)21(18)27-20)9-10-26-30(28,29)17-7-5-15(13-25)6-8-17/h5-8,11-12,20,26-27H,1-4,9-10H2/t20-,22-/m0/s1. The van der Waals surface area contributed by atoms with Gasteiger partial charge >= 0.3 is 0 Å². The molecule has 8 heteroatoms. The van der Waals surface area contributed by atoms with Crippen LogP contribution >= 0.6 is 15.9 Å². The second-order valence-electron chi connectivity index (χ2n) is 7.76. The van der Waals surface area contributed by atoms with Crippen LogP contribution in [0, 0.1) is 17.1 Å². The zero-order valence-corrected chi connectivity index (χ0v) is 18.6. The first-order valence-corrected chi connectivity index (χ1v) is 12.0. The zero-order valence-electron chi connectivity index (χ0n) is 16.2. The largest absolute Gasteiger partial charge is 0.378 e. The number of hydrogen-bond acceptors (Lipinski definition) is 4. The van der Waals surface area contributed by atoms with E-state index in [2.05, 4.69) is 32.5 Å². The molecule has 0 saturated heterocycles. The third-order valence-corrected chi connectivity index (χ3v) is 8.09. The predicted molar refractivity (Wildman–Crippen MR) is 117 cm³/mol. The highest BCUT2D eigenvalue weighted by Crippen LogP contribution is 2.54. The molecule has 0 radical (unpaired) electrons. The number of nitrogens with zero attached hydrogens (tertiary/aromatic N) is 1. The fraction of sp³-hybridized carbons (Fsp3) is 0.318. The van der Waals surface area contributed by atoms with E-state index in [0.29, 0.717) is 22.1 Å². The molecule has 2 N–H and O–H groups in total. The Morgan fingerprint density at radius 1 is 1.33 bits per heavy atom. The number of benzene rings is 2. The molecule has 2 aliphatic rings. The topological polar surface area (TPSA) is 82.0 Å². The number of nitriles is 1. The maximum Gasteiger partial charge on any atom is 0.240 e. The number of rotatable bonds is 5. The van der Waals surface area contributed by atoms with Crippen molar-refractivity contribution in [1.82, 2.24) is 4.72 Å². The maximum absolute atomic E-state index is 14.6. The van der Waals surface area contributed by atoms with Gasteiger partial charge in [-0.2, -0.15) is 5.26 Å². The van der Waals surface area contributed by atoms with Crippen LogP contribution in [-0.2, 0) is 15.4 Å². The fourth-order valence-corrected chi connectivity index (χ4v) is 6.18. The molecule has 1 aliphatic heterocycles. The Balaban J connectivity index is 1.61. The summed E-state index contributed by atoms with van der Waals surface area (Å²) in [5, 5.41) is 12.2. The van der Waals surface area contributed by atoms with Crippen molar-refractivity contribution >= 4 is 31.6 Å². The van der Waals surface area contributed by atoms with Crippen LogP contribution in [0.3, 0.4) is 0 Å². The van der Waals surface area contributed by atoms with Gasteiger partial charge < -0.3 is 5.32 Å². The number of nitrogens with one attached hydrogen (secondary N) is 2. The summed E-state index contributed by atoms with van der Waals surface area (Å²) in [4.78, 5) is 0.108. The molecule has 0 spiro atoms. The van der Waals surface area contributed by atoms with E-state index in [1.807, 2.05) is 12.1 Å². The summed E-state index contributed by atoms with van der Waals surface area (Å²) in [6.45, 7) is 4.48. The van der Waals surface area contributed by atoms with Gasteiger partial charge in [0.15, 0.2) is 0 Å². The smallest absolute Gasteiger partial charge is 0.240 e. The Bertz CT molecular complexity index is 1160. The Morgan fingerprint density at radius 2 is 2.07 bits per heavy atom. The summed E-state index contributed by atoms with van der Waals surface area (Å²) >= 11 is 3.39. The maximum atomic E-state index is 14.6. The van der Waals surface area contributed by atoms with Gasteiger partial charge in [0.25, 0.3) is 0 Å². The Morgan fingerprint density at radius 3 is 2.77 bits per heavy atom. The molecule has 30 heavy (non-hydrogen) atoms. The minimum absolute atomic E-state index is 0.0167. The van der Waals surface area contributed by atoms with Crippen LogP contribution in [0.15, 0.2) is 57.9 Å². The van der Waals surface area contributed by atoms with E-state index in [0.717, 1.165) is 30.4 Å². The van der Waals surface area contributed by atoms with Crippen molar-refractivity contribution in [2.75, 3.05) is 11.9 Å². The van der Waals surface area contributed by atoms with Gasteiger partial charge in [0.05, 0.1) is 22.2 Å². The van der Waals surface area contributed by atoms with Crippen molar-refractivity contribution in [1.29, 1.82) is 5.26 Å². The van der Waals surface area contributed by atoms with Gasteiger partial charge in [-0.05, 0) is 67.6 Å². The molecule has 1 heterocycles. The molecule has 2 atom stereocenters. The SMILES string of the molecule is C=C1CCC[C@@H]2Nc3c(F)cc(Br)cc3[C@]12CCNS(=O)(=O)c1ccc(C#N)cc1. The lowest BCUT2D eigenvalue weighted by Gasteiger charge is -2.42. The van der Waals surface area contributed by atoms with Crippen molar-refractivity contribution in [2.45, 2.75) is 42.0 Å². The fourth-order valence-electron chi connectivity index (χ4n) is 4.72. The molecule has 4 rings (SSSR count). The summed E-state index contributed by atoms with van der Waals surface area (Å²) in [5.74, 6) is -0.320. The molecule has 2 aromatic carbocycles. The molecule has 156 valence electrons. The van der Waals surface area contributed by atoms with Gasteiger partial charge in [-0.25, -0.2) is 17.5 Å². The summed E-state index contributed by atoms with van der Waals surface area (Å²) in [6, 6.07) is 11.1. The monoisotopic (exact) mass is 489 g/mol. The normalized spacial score (nSPS) is 22.7. The van der Waals surface area contributed by atoms with Gasteiger partial charge in [-0.3, -0.25) is 0 Å². The van der Waals surface area contributed by atoms with Crippen molar-refractivity contribution in [3.63, 3.8) is 0 Å². The number of halogens is 2. The van der Waals surface area contributed by atoms with Gasteiger partial charge in [-0.1, -0.05) is 28.1 Å². The lowest BCUT2D eigenvalue weighted by Crippen LogP contribution is -2.45. The van der Waals surface area contributed by atoms with Crippen LogP contribution in [0.2, 0.25) is 0 Å². The highest BCUT2D eigenvalue weighted by Gasteiger charge is 2.50. The second kappa shape index (κ2) is 7.80. The number of hydrogen-bond donors (Lipinski definition) is 2. The highest BCUT2D eigenvalue weighted by molar-refractivity contribution is 9.10. The first kappa shape index (κ1) is 21.0. The first-order valence-electron chi connectivity index (χ1n) is 9.72. The average Bonchev–Trinajstić information content (AvgIpc) is 3.04. The quantitative estimate of drug-likeness (QED) is 0.601. The minimum Gasteiger partial charge on any atom is -0.378 e. The predicted octanol–water partition coefficient (Wildman–Crippen LogP) is 4.60. The second-order valence-corrected chi connectivity index (χ2v) is 10.4. The summed E-state index contributed by atoms with van der Waals surface area (Å²) < 4.78 is 43.3. The average molecular weight is 490 g/mol. The summed E-state index contributed by atoms with van der Waals surface area (Å²) in [7, 11) is -3.72. The number of fused-ring (bicyclic) bond motifs is 3. The Kier molecular flexibility index (Phi) is 5.47. The molecule has 0 unspecified atom stereocenters. The third-order valence-electron chi connectivity index (χ3n) is 6.16. The van der Waals surface area contributed by atoms with E-state index >= 15 is 0 Å². The van der Waals surface area contributed by atoms with Crippen molar-refractivity contribution in [2.24, 2.45) is 0 Å². The van der Waals surface area contributed by atoms with E-state index in [9.17, 15) is 12.8 Å². The molecule has 2 aromatic rings.